The molecule has 10 rings (SSSR count). The van der Waals surface area contributed by atoms with Crippen molar-refractivity contribution in [2.24, 2.45) is 0 Å². The normalized spacial score (nSPS) is 14.3. The molecule has 1 nitrogen and oxygen atoms in total. The second-order valence-electron chi connectivity index (χ2n) is 15.8. The lowest BCUT2D eigenvalue weighted by Gasteiger charge is -2.28. The molecule has 8 aromatic rings. The van der Waals surface area contributed by atoms with Crippen LogP contribution in [0.4, 0.5) is 17.1 Å². The first-order valence-corrected chi connectivity index (χ1v) is 18.8. The third-order valence-electron chi connectivity index (χ3n) is 12.1. The Hall–Kier alpha value is -6.18. The SMILES string of the molecule is CC1(C)c2ccccc2-c2cc(N(c3ccc(-c4ccccc4-c4ccccc4)cc3)c3ccc4c(c3)-c3cc5ccccc5cc3C4(C)C)ccc21. The molecule has 0 bridgehead atoms. The van der Waals surface area contributed by atoms with Gasteiger partial charge in [-0.15, -0.1) is 0 Å². The van der Waals surface area contributed by atoms with Crippen LogP contribution in [-0.4, -0.2) is 0 Å². The molecule has 53 heavy (non-hydrogen) atoms. The molecule has 0 heterocycles. The summed E-state index contributed by atoms with van der Waals surface area (Å²) in [7, 11) is 0. The third-order valence-corrected chi connectivity index (χ3v) is 12.1. The maximum Gasteiger partial charge on any atom is 0.0468 e. The highest BCUT2D eigenvalue weighted by atomic mass is 15.1. The van der Waals surface area contributed by atoms with E-state index < -0.39 is 0 Å². The number of fused-ring (bicyclic) bond motifs is 7. The van der Waals surface area contributed by atoms with E-state index in [9.17, 15) is 0 Å². The van der Waals surface area contributed by atoms with Crippen molar-refractivity contribution in [1.29, 1.82) is 0 Å². The minimum atomic E-state index is -0.0886. The molecular weight excluding hydrogens is 639 g/mol. The van der Waals surface area contributed by atoms with Crippen LogP contribution >= 0.6 is 0 Å². The Bertz CT molecular complexity index is 2710. The van der Waals surface area contributed by atoms with Gasteiger partial charge in [0.1, 0.15) is 0 Å². The van der Waals surface area contributed by atoms with E-state index in [0.29, 0.717) is 0 Å². The Morgan fingerprint density at radius 2 is 0.736 bits per heavy atom. The van der Waals surface area contributed by atoms with Crippen molar-refractivity contribution in [3.05, 3.63) is 198 Å². The van der Waals surface area contributed by atoms with E-state index in [1.54, 1.807) is 0 Å². The highest BCUT2D eigenvalue weighted by Crippen LogP contribution is 2.53. The van der Waals surface area contributed by atoms with Gasteiger partial charge >= 0.3 is 0 Å². The molecule has 0 aliphatic heterocycles. The lowest BCUT2D eigenvalue weighted by atomic mass is 9.82. The lowest BCUT2D eigenvalue weighted by Crippen LogP contribution is -2.16. The number of hydrogen-bond donors (Lipinski definition) is 0. The van der Waals surface area contributed by atoms with Crippen LogP contribution in [0.2, 0.25) is 0 Å². The second-order valence-corrected chi connectivity index (χ2v) is 15.8. The first-order valence-electron chi connectivity index (χ1n) is 18.8. The Morgan fingerprint density at radius 3 is 1.38 bits per heavy atom. The van der Waals surface area contributed by atoms with Crippen LogP contribution in [0.3, 0.4) is 0 Å². The summed E-state index contributed by atoms with van der Waals surface area (Å²) in [5.41, 5.74) is 19.1. The van der Waals surface area contributed by atoms with Gasteiger partial charge in [0.2, 0.25) is 0 Å². The van der Waals surface area contributed by atoms with E-state index in [1.807, 2.05) is 0 Å². The molecule has 0 N–H and O–H groups in total. The van der Waals surface area contributed by atoms with E-state index in [0.717, 1.165) is 17.1 Å². The third kappa shape index (κ3) is 4.84. The van der Waals surface area contributed by atoms with Gasteiger partial charge in [-0.05, 0) is 126 Å². The average molecular weight is 680 g/mol. The maximum atomic E-state index is 2.45. The van der Waals surface area contributed by atoms with Gasteiger partial charge in [-0.1, -0.05) is 155 Å². The van der Waals surface area contributed by atoms with Crippen molar-refractivity contribution in [1.82, 2.24) is 0 Å². The molecule has 8 aromatic carbocycles. The largest absolute Gasteiger partial charge is 0.310 e. The molecule has 2 aliphatic carbocycles. The van der Waals surface area contributed by atoms with E-state index in [4.69, 9.17) is 0 Å². The second kappa shape index (κ2) is 11.7. The Morgan fingerprint density at radius 1 is 0.302 bits per heavy atom. The van der Waals surface area contributed by atoms with Crippen LogP contribution < -0.4 is 4.90 Å². The lowest BCUT2D eigenvalue weighted by molar-refractivity contribution is 0.660. The van der Waals surface area contributed by atoms with Gasteiger partial charge < -0.3 is 4.90 Å². The van der Waals surface area contributed by atoms with Gasteiger partial charge in [-0.3, -0.25) is 0 Å². The molecule has 254 valence electrons. The van der Waals surface area contributed by atoms with Crippen LogP contribution in [0.1, 0.15) is 49.9 Å². The van der Waals surface area contributed by atoms with Crippen LogP contribution in [0.25, 0.3) is 55.3 Å². The van der Waals surface area contributed by atoms with Crippen LogP contribution in [0, 0.1) is 0 Å². The van der Waals surface area contributed by atoms with E-state index >= 15 is 0 Å². The standard InChI is InChI=1S/C52H41N/c1-51(2)47-21-13-12-20-43(47)45-32-39(26-28-48(45)51)53(38-24-22-35(23-25-38)42-19-11-10-18-41(42)34-14-6-5-7-15-34)40-27-29-49-46(33-40)44-30-36-16-8-9-17-37(36)31-50(44)52(49,3)4/h5-33H,1-4H3. The Kier molecular flexibility index (Phi) is 6.94. The molecule has 0 saturated heterocycles. The van der Waals surface area contributed by atoms with Crippen LogP contribution in [0.15, 0.2) is 176 Å². The summed E-state index contributed by atoms with van der Waals surface area (Å²) in [6, 6.07) is 65.3. The van der Waals surface area contributed by atoms with Crippen LogP contribution in [0.5, 0.6) is 0 Å². The van der Waals surface area contributed by atoms with Crippen molar-refractivity contribution in [3.8, 4) is 44.5 Å². The average Bonchev–Trinajstić information content (AvgIpc) is 3.56. The molecular formula is C52H41N. The molecule has 1 heteroatoms. The minimum absolute atomic E-state index is 0.0469. The van der Waals surface area contributed by atoms with Crippen molar-refractivity contribution >= 4 is 27.8 Å². The summed E-state index contributed by atoms with van der Waals surface area (Å²) in [4.78, 5) is 2.45. The highest BCUT2D eigenvalue weighted by Gasteiger charge is 2.37. The fourth-order valence-electron chi connectivity index (χ4n) is 9.25. The molecule has 0 amide bonds. The Balaban J connectivity index is 1.15. The molecule has 0 saturated carbocycles. The van der Waals surface area contributed by atoms with E-state index in [2.05, 4.69) is 209 Å². The monoisotopic (exact) mass is 679 g/mol. The molecule has 0 fully saturated rings. The van der Waals surface area contributed by atoms with Gasteiger partial charge in [-0.25, -0.2) is 0 Å². The summed E-state index contributed by atoms with van der Waals surface area (Å²) < 4.78 is 0. The molecule has 0 radical (unpaired) electrons. The predicted octanol–water partition coefficient (Wildman–Crippen LogP) is 14.3. The first kappa shape index (κ1) is 31.5. The van der Waals surface area contributed by atoms with Crippen molar-refractivity contribution in [2.75, 3.05) is 4.90 Å². The summed E-state index contributed by atoms with van der Waals surface area (Å²) in [5, 5.41) is 2.58. The fraction of sp³-hybridized carbons (Fsp3) is 0.115. The Labute approximate surface area is 312 Å². The molecule has 2 aliphatic rings. The van der Waals surface area contributed by atoms with Gasteiger partial charge in [-0.2, -0.15) is 0 Å². The summed E-state index contributed by atoms with van der Waals surface area (Å²) in [6.45, 7) is 9.44. The zero-order valence-electron chi connectivity index (χ0n) is 30.7. The number of rotatable bonds is 5. The van der Waals surface area contributed by atoms with Crippen molar-refractivity contribution in [2.45, 2.75) is 38.5 Å². The van der Waals surface area contributed by atoms with Gasteiger partial charge in [0.25, 0.3) is 0 Å². The molecule has 0 unspecified atom stereocenters. The summed E-state index contributed by atoms with van der Waals surface area (Å²) in [5.74, 6) is 0. The fourth-order valence-corrected chi connectivity index (χ4v) is 9.25. The van der Waals surface area contributed by atoms with E-state index in [-0.39, 0.29) is 10.8 Å². The van der Waals surface area contributed by atoms with Crippen molar-refractivity contribution < 1.29 is 0 Å². The zero-order chi connectivity index (χ0) is 35.9. The maximum absolute atomic E-state index is 2.45. The van der Waals surface area contributed by atoms with Gasteiger partial charge in [0.15, 0.2) is 0 Å². The highest BCUT2D eigenvalue weighted by molar-refractivity contribution is 5.95. The number of benzene rings is 8. The predicted molar refractivity (Wildman–Crippen MR) is 225 cm³/mol. The number of hydrogen-bond acceptors (Lipinski definition) is 1. The van der Waals surface area contributed by atoms with Crippen LogP contribution in [-0.2, 0) is 10.8 Å². The summed E-state index contributed by atoms with van der Waals surface area (Å²) >= 11 is 0. The number of anilines is 3. The zero-order valence-corrected chi connectivity index (χ0v) is 30.7. The molecule has 0 atom stereocenters. The quantitative estimate of drug-likeness (QED) is 0.175. The summed E-state index contributed by atoms with van der Waals surface area (Å²) in [6.07, 6.45) is 0. The minimum Gasteiger partial charge on any atom is -0.310 e. The van der Waals surface area contributed by atoms with Crippen molar-refractivity contribution in [3.63, 3.8) is 0 Å². The topological polar surface area (TPSA) is 3.24 Å². The smallest absolute Gasteiger partial charge is 0.0468 e. The first-order chi connectivity index (χ1) is 25.8. The van der Waals surface area contributed by atoms with Gasteiger partial charge in [0.05, 0.1) is 0 Å². The molecule has 0 aromatic heterocycles. The number of nitrogens with zero attached hydrogens (tertiary/aromatic N) is 1. The van der Waals surface area contributed by atoms with Gasteiger partial charge in [0, 0.05) is 27.9 Å². The van der Waals surface area contributed by atoms with E-state index in [1.165, 1.54) is 77.5 Å². The molecule has 0 spiro atoms.